The summed E-state index contributed by atoms with van der Waals surface area (Å²) in [4.78, 5) is 12.8. The average molecular weight is 347 g/mol. The standard InChI is InChI=1S/C17H21N3O3S/c1-17(2,11-7-4-5-8-12(11)22-3)15(21)18-16-20-19-14(24-16)13-9-6-10-23-13/h4-5,7-8,13H,6,9-10H2,1-3H3,(H,18,20,21). The van der Waals surface area contributed by atoms with Crippen LogP contribution in [0.15, 0.2) is 24.3 Å². The highest BCUT2D eigenvalue weighted by atomic mass is 32.1. The van der Waals surface area contributed by atoms with Crippen LogP contribution >= 0.6 is 11.3 Å². The summed E-state index contributed by atoms with van der Waals surface area (Å²) in [6, 6.07) is 7.53. The van der Waals surface area contributed by atoms with E-state index in [-0.39, 0.29) is 12.0 Å². The quantitative estimate of drug-likeness (QED) is 0.898. The van der Waals surface area contributed by atoms with Crippen LogP contribution in [0.5, 0.6) is 5.75 Å². The van der Waals surface area contributed by atoms with Crippen molar-refractivity contribution in [2.75, 3.05) is 19.0 Å². The Hall–Kier alpha value is -1.99. The Morgan fingerprint density at radius 1 is 1.38 bits per heavy atom. The van der Waals surface area contributed by atoms with Gasteiger partial charge in [0.05, 0.1) is 12.5 Å². The van der Waals surface area contributed by atoms with Crippen molar-refractivity contribution in [1.29, 1.82) is 0 Å². The SMILES string of the molecule is COc1ccccc1C(C)(C)C(=O)Nc1nnc(C2CCCO2)s1. The molecule has 6 nitrogen and oxygen atoms in total. The molecule has 0 spiro atoms. The molecule has 1 N–H and O–H groups in total. The molecule has 7 heteroatoms. The number of para-hydroxylation sites is 1. The van der Waals surface area contributed by atoms with Gasteiger partial charge in [0.15, 0.2) is 0 Å². The van der Waals surface area contributed by atoms with Gasteiger partial charge in [-0.2, -0.15) is 0 Å². The number of benzene rings is 1. The summed E-state index contributed by atoms with van der Waals surface area (Å²) in [5, 5.41) is 12.4. The number of carbonyl (C=O) groups is 1. The molecule has 1 aliphatic rings. The van der Waals surface area contributed by atoms with Crippen LogP contribution in [0.4, 0.5) is 5.13 Å². The summed E-state index contributed by atoms with van der Waals surface area (Å²) < 4.78 is 11.0. The maximum atomic E-state index is 12.8. The van der Waals surface area contributed by atoms with Gasteiger partial charge in [-0.25, -0.2) is 0 Å². The number of nitrogens with one attached hydrogen (secondary N) is 1. The zero-order chi connectivity index (χ0) is 17.2. The lowest BCUT2D eigenvalue weighted by atomic mass is 9.83. The predicted molar refractivity (Wildman–Crippen MR) is 92.5 cm³/mol. The molecule has 0 bridgehead atoms. The van der Waals surface area contributed by atoms with Crippen molar-refractivity contribution in [3.8, 4) is 5.75 Å². The highest BCUT2D eigenvalue weighted by Crippen LogP contribution is 2.35. The number of amides is 1. The number of aromatic nitrogens is 2. The van der Waals surface area contributed by atoms with E-state index < -0.39 is 5.41 Å². The van der Waals surface area contributed by atoms with Crippen LogP contribution in [0.25, 0.3) is 0 Å². The molecule has 0 aliphatic carbocycles. The normalized spacial score (nSPS) is 17.7. The molecule has 1 aromatic heterocycles. The van der Waals surface area contributed by atoms with E-state index in [1.165, 1.54) is 11.3 Å². The second kappa shape index (κ2) is 6.86. The number of anilines is 1. The van der Waals surface area contributed by atoms with E-state index in [9.17, 15) is 4.79 Å². The van der Waals surface area contributed by atoms with E-state index >= 15 is 0 Å². The van der Waals surface area contributed by atoms with Gasteiger partial charge in [0, 0.05) is 12.2 Å². The minimum Gasteiger partial charge on any atom is -0.496 e. The third-order valence-corrected chi connectivity index (χ3v) is 5.14. The molecule has 1 saturated heterocycles. The number of methoxy groups -OCH3 is 1. The van der Waals surface area contributed by atoms with Crippen LogP contribution in [0.3, 0.4) is 0 Å². The smallest absolute Gasteiger partial charge is 0.236 e. The van der Waals surface area contributed by atoms with Gasteiger partial charge in [-0.15, -0.1) is 10.2 Å². The van der Waals surface area contributed by atoms with Gasteiger partial charge in [-0.3, -0.25) is 10.1 Å². The highest BCUT2D eigenvalue weighted by Gasteiger charge is 2.33. The molecule has 3 rings (SSSR count). The third kappa shape index (κ3) is 3.27. The van der Waals surface area contributed by atoms with Crippen molar-refractivity contribution in [1.82, 2.24) is 10.2 Å². The molecule has 128 valence electrons. The number of nitrogens with zero attached hydrogens (tertiary/aromatic N) is 2. The Labute approximate surface area is 145 Å². The summed E-state index contributed by atoms with van der Waals surface area (Å²) in [5.41, 5.74) is 0.0660. The predicted octanol–water partition coefficient (Wildman–Crippen LogP) is 3.31. The first-order chi connectivity index (χ1) is 11.5. The summed E-state index contributed by atoms with van der Waals surface area (Å²) in [6.07, 6.45) is 2.00. The van der Waals surface area contributed by atoms with Gasteiger partial charge in [0.1, 0.15) is 16.9 Å². The minimum absolute atomic E-state index is 0.00961. The Morgan fingerprint density at radius 2 is 2.17 bits per heavy atom. The molecule has 24 heavy (non-hydrogen) atoms. The van der Waals surface area contributed by atoms with Crippen LogP contribution in [0, 0.1) is 0 Å². The molecule has 0 saturated carbocycles. The fourth-order valence-corrected chi connectivity index (χ4v) is 3.55. The van der Waals surface area contributed by atoms with Crippen molar-refractivity contribution in [3.63, 3.8) is 0 Å². The number of carbonyl (C=O) groups excluding carboxylic acids is 1. The first-order valence-corrected chi connectivity index (χ1v) is 8.74. The van der Waals surface area contributed by atoms with Crippen molar-refractivity contribution < 1.29 is 14.3 Å². The molecule has 1 aromatic carbocycles. The maximum Gasteiger partial charge on any atom is 0.236 e. The van der Waals surface area contributed by atoms with Crippen molar-refractivity contribution in [2.24, 2.45) is 0 Å². The Morgan fingerprint density at radius 3 is 2.88 bits per heavy atom. The number of ether oxygens (including phenoxy) is 2. The van der Waals surface area contributed by atoms with E-state index in [1.807, 2.05) is 38.1 Å². The van der Waals surface area contributed by atoms with Gasteiger partial charge in [-0.05, 0) is 32.8 Å². The molecule has 2 aromatic rings. The van der Waals surface area contributed by atoms with Crippen molar-refractivity contribution in [3.05, 3.63) is 34.8 Å². The van der Waals surface area contributed by atoms with E-state index in [4.69, 9.17) is 9.47 Å². The molecule has 0 radical (unpaired) electrons. The molecular formula is C17H21N3O3S. The zero-order valence-electron chi connectivity index (χ0n) is 14.0. The van der Waals surface area contributed by atoms with E-state index in [2.05, 4.69) is 15.5 Å². The first kappa shape index (κ1) is 16.9. The molecule has 1 fully saturated rings. The topological polar surface area (TPSA) is 73.3 Å². The van der Waals surface area contributed by atoms with Crippen LogP contribution < -0.4 is 10.1 Å². The number of rotatable bonds is 5. The van der Waals surface area contributed by atoms with Gasteiger partial charge < -0.3 is 9.47 Å². The van der Waals surface area contributed by atoms with Gasteiger partial charge in [0.2, 0.25) is 11.0 Å². The number of hydrogen-bond acceptors (Lipinski definition) is 6. The molecule has 1 amide bonds. The average Bonchev–Trinajstić information content (AvgIpc) is 3.25. The fraction of sp³-hybridized carbons (Fsp3) is 0.471. The van der Waals surface area contributed by atoms with Crippen LogP contribution in [-0.2, 0) is 14.9 Å². The lowest BCUT2D eigenvalue weighted by Gasteiger charge is -2.25. The molecule has 2 heterocycles. The number of hydrogen-bond donors (Lipinski definition) is 1. The molecular weight excluding hydrogens is 326 g/mol. The van der Waals surface area contributed by atoms with E-state index in [0.717, 1.165) is 30.0 Å². The Balaban J connectivity index is 1.76. The first-order valence-electron chi connectivity index (χ1n) is 7.92. The summed E-state index contributed by atoms with van der Waals surface area (Å²) >= 11 is 1.37. The zero-order valence-corrected chi connectivity index (χ0v) is 14.9. The highest BCUT2D eigenvalue weighted by molar-refractivity contribution is 7.15. The van der Waals surface area contributed by atoms with Gasteiger partial charge in [-0.1, -0.05) is 29.5 Å². The molecule has 1 unspecified atom stereocenters. The Bertz CT molecular complexity index is 723. The molecule has 1 atom stereocenters. The maximum absolute atomic E-state index is 12.8. The second-order valence-corrected chi connectivity index (χ2v) is 7.24. The van der Waals surface area contributed by atoms with E-state index in [0.29, 0.717) is 10.9 Å². The lowest BCUT2D eigenvalue weighted by molar-refractivity contribution is -0.120. The van der Waals surface area contributed by atoms with Crippen LogP contribution in [0.1, 0.15) is 43.4 Å². The van der Waals surface area contributed by atoms with Crippen LogP contribution in [-0.4, -0.2) is 29.8 Å². The second-order valence-electron chi connectivity index (χ2n) is 6.23. The monoisotopic (exact) mass is 347 g/mol. The summed E-state index contributed by atoms with van der Waals surface area (Å²) in [6.45, 7) is 4.48. The third-order valence-electron chi connectivity index (χ3n) is 4.21. The van der Waals surface area contributed by atoms with E-state index in [1.54, 1.807) is 7.11 Å². The molecule has 1 aliphatic heterocycles. The fourth-order valence-electron chi connectivity index (χ4n) is 2.72. The van der Waals surface area contributed by atoms with Crippen LogP contribution in [0.2, 0.25) is 0 Å². The Kier molecular flexibility index (Phi) is 4.82. The largest absolute Gasteiger partial charge is 0.496 e. The minimum atomic E-state index is -0.762. The van der Waals surface area contributed by atoms with Gasteiger partial charge >= 0.3 is 0 Å². The van der Waals surface area contributed by atoms with Gasteiger partial charge in [0.25, 0.3) is 0 Å². The van der Waals surface area contributed by atoms with Crippen molar-refractivity contribution >= 4 is 22.4 Å². The van der Waals surface area contributed by atoms with Crippen molar-refractivity contribution in [2.45, 2.75) is 38.2 Å². The summed E-state index contributed by atoms with van der Waals surface area (Å²) in [5.74, 6) is 0.539. The lowest BCUT2D eigenvalue weighted by Crippen LogP contribution is -2.35. The summed E-state index contributed by atoms with van der Waals surface area (Å²) in [7, 11) is 1.60.